The van der Waals surface area contributed by atoms with Gasteiger partial charge in [-0.15, -0.1) is 0 Å². The van der Waals surface area contributed by atoms with E-state index in [9.17, 15) is 4.39 Å². The van der Waals surface area contributed by atoms with Crippen molar-refractivity contribution in [2.45, 2.75) is 19.5 Å². The Morgan fingerprint density at radius 3 is 2.64 bits per heavy atom. The van der Waals surface area contributed by atoms with Crippen molar-refractivity contribution in [1.82, 2.24) is 19.4 Å². The zero-order valence-electron chi connectivity index (χ0n) is 13.2. The molecule has 4 nitrogen and oxygen atoms in total. The van der Waals surface area contributed by atoms with E-state index in [-0.39, 0.29) is 11.9 Å². The highest BCUT2D eigenvalue weighted by molar-refractivity contribution is 5.19. The molecule has 1 aliphatic rings. The lowest BCUT2D eigenvalue weighted by Gasteiger charge is -2.38. The van der Waals surface area contributed by atoms with Crippen molar-refractivity contribution in [3.05, 3.63) is 53.9 Å². The van der Waals surface area contributed by atoms with E-state index in [0.29, 0.717) is 0 Å². The second-order valence-electron chi connectivity index (χ2n) is 6.00. The van der Waals surface area contributed by atoms with Crippen LogP contribution in [0.1, 0.15) is 24.4 Å². The molecule has 0 aliphatic carbocycles. The lowest BCUT2D eigenvalue weighted by Crippen LogP contribution is -2.46. The molecule has 2 heterocycles. The van der Waals surface area contributed by atoms with Crippen molar-refractivity contribution in [3.8, 4) is 0 Å². The van der Waals surface area contributed by atoms with E-state index in [1.165, 1.54) is 6.07 Å². The molecule has 1 aromatic heterocycles. The first-order valence-electron chi connectivity index (χ1n) is 7.81. The van der Waals surface area contributed by atoms with Gasteiger partial charge in [-0.05, 0) is 24.6 Å². The number of hydrogen-bond donors (Lipinski definition) is 0. The van der Waals surface area contributed by atoms with Crippen molar-refractivity contribution in [2.24, 2.45) is 7.05 Å². The Morgan fingerprint density at radius 2 is 2.00 bits per heavy atom. The van der Waals surface area contributed by atoms with Crippen molar-refractivity contribution in [2.75, 3.05) is 26.2 Å². The topological polar surface area (TPSA) is 24.3 Å². The second kappa shape index (κ2) is 6.58. The molecular formula is C17H23FN4. The van der Waals surface area contributed by atoms with Gasteiger partial charge >= 0.3 is 0 Å². The van der Waals surface area contributed by atoms with E-state index < -0.39 is 0 Å². The molecule has 1 saturated heterocycles. The van der Waals surface area contributed by atoms with Crippen LogP contribution in [0.5, 0.6) is 0 Å². The molecule has 0 saturated carbocycles. The Morgan fingerprint density at radius 1 is 1.23 bits per heavy atom. The van der Waals surface area contributed by atoms with Gasteiger partial charge in [-0.2, -0.15) is 0 Å². The number of rotatable bonds is 4. The van der Waals surface area contributed by atoms with Gasteiger partial charge in [0.1, 0.15) is 11.6 Å². The van der Waals surface area contributed by atoms with Crippen molar-refractivity contribution >= 4 is 0 Å². The number of imidazole rings is 1. The standard InChI is InChI=1S/C17H23FN4/c1-14(15-4-3-5-16(18)12-15)22-10-8-21(9-11-22)13-17-19-6-7-20(17)2/h3-7,12,14H,8-11,13H2,1-2H3/t14-/m0/s1. The maximum Gasteiger partial charge on any atom is 0.123 e. The molecule has 1 fully saturated rings. The van der Waals surface area contributed by atoms with Crippen molar-refractivity contribution in [3.63, 3.8) is 0 Å². The Bertz CT molecular complexity index is 617. The monoisotopic (exact) mass is 302 g/mol. The zero-order chi connectivity index (χ0) is 15.5. The summed E-state index contributed by atoms with van der Waals surface area (Å²) < 4.78 is 15.4. The molecule has 1 atom stereocenters. The van der Waals surface area contributed by atoms with Crippen LogP contribution < -0.4 is 0 Å². The maximum atomic E-state index is 13.4. The van der Waals surface area contributed by atoms with Crippen LogP contribution in [0.2, 0.25) is 0 Å². The fourth-order valence-electron chi connectivity index (χ4n) is 3.03. The maximum absolute atomic E-state index is 13.4. The summed E-state index contributed by atoms with van der Waals surface area (Å²) in [5.74, 6) is 0.949. The van der Waals surface area contributed by atoms with E-state index in [1.54, 1.807) is 12.1 Å². The average molecular weight is 302 g/mol. The van der Waals surface area contributed by atoms with Gasteiger partial charge in [0.15, 0.2) is 0 Å². The molecule has 0 amide bonds. The number of piperazine rings is 1. The summed E-state index contributed by atoms with van der Waals surface area (Å²) >= 11 is 0. The number of aromatic nitrogens is 2. The Hall–Kier alpha value is -1.72. The molecule has 0 bridgehead atoms. The van der Waals surface area contributed by atoms with E-state index in [2.05, 4.69) is 26.3 Å². The summed E-state index contributed by atoms with van der Waals surface area (Å²) in [6.45, 7) is 7.10. The van der Waals surface area contributed by atoms with Gasteiger partial charge in [0.2, 0.25) is 0 Å². The minimum absolute atomic E-state index is 0.155. The minimum Gasteiger partial charge on any atom is -0.337 e. The number of aryl methyl sites for hydroxylation is 1. The van der Waals surface area contributed by atoms with Crippen molar-refractivity contribution in [1.29, 1.82) is 0 Å². The third-order valence-corrected chi connectivity index (χ3v) is 4.57. The number of halogens is 1. The lowest BCUT2D eigenvalue weighted by molar-refractivity contribution is 0.0955. The molecular weight excluding hydrogens is 279 g/mol. The van der Waals surface area contributed by atoms with E-state index in [0.717, 1.165) is 44.1 Å². The summed E-state index contributed by atoms with van der Waals surface area (Å²) in [6, 6.07) is 7.20. The largest absolute Gasteiger partial charge is 0.337 e. The van der Waals surface area contributed by atoms with Crippen LogP contribution in [0.4, 0.5) is 4.39 Å². The fraction of sp³-hybridized carbons (Fsp3) is 0.471. The SMILES string of the molecule is C[C@@H](c1cccc(F)c1)N1CCN(Cc2nccn2C)CC1. The van der Waals surface area contributed by atoms with Crippen LogP contribution in [0.25, 0.3) is 0 Å². The van der Waals surface area contributed by atoms with Crippen LogP contribution in [-0.2, 0) is 13.6 Å². The first-order valence-corrected chi connectivity index (χ1v) is 7.81. The normalized spacial score (nSPS) is 18.5. The third-order valence-electron chi connectivity index (χ3n) is 4.57. The smallest absolute Gasteiger partial charge is 0.123 e. The number of hydrogen-bond acceptors (Lipinski definition) is 3. The Kier molecular flexibility index (Phi) is 4.55. The highest BCUT2D eigenvalue weighted by Crippen LogP contribution is 2.22. The molecule has 118 valence electrons. The first kappa shape index (κ1) is 15.2. The predicted octanol–water partition coefficient (Wildman–Crippen LogP) is 2.44. The van der Waals surface area contributed by atoms with E-state index >= 15 is 0 Å². The van der Waals surface area contributed by atoms with Crippen LogP contribution in [-0.4, -0.2) is 45.5 Å². The molecule has 3 rings (SSSR count). The van der Waals surface area contributed by atoms with Gasteiger partial charge in [-0.1, -0.05) is 12.1 Å². The summed E-state index contributed by atoms with van der Waals surface area (Å²) in [5.41, 5.74) is 1.05. The lowest BCUT2D eigenvalue weighted by atomic mass is 10.1. The highest BCUT2D eigenvalue weighted by atomic mass is 19.1. The first-order chi connectivity index (χ1) is 10.6. The number of nitrogens with zero attached hydrogens (tertiary/aromatic N) is 4. The van der Waals surface area contributed by atoms with Gasteiger partial charge in [0.25, 0.3) is 0 Å². The predicted molar refractivity (Wildman–Crippen MR) is 84.9 cm³/mol. The minimum atomic E-state index is -0.155. The van der Waals surface area contributed by atoms with Gasteiger partial charge in [-0.25, -0.2) is 9.37 Å². The highest BCUT2D eigenvalue weighted by Gasteiger charge is 2.22. The molecule has 2 aromatic rings. The van der Waals surface area contributed by atoms with Crippen molar-refractivity contribution < 1.29 is 4.39 Å². The summed E-state index contributed by atoms with van der Waals surface area (Å²) in [7, 11) is 2.03. The molecule has 22 heavy (non-hydrogen) atoms. The third kappa shape index (κ3) is 3.36. The van der Waals surface area contributed by atoms with Crippen LogP contribution >= 0.6 is 0 Å². The summed E-state index contributed by atoms with van der Waals surface area (Å²) in [4.78, 5) is 9.24. The van der Waals surface area contributed by atoms with Gasteiger partial charge < -0.3 is 4.57 Å². The average Bonchev–Trinajstić information content (AvgIpc) is 2.92. The number of benzene rings is 1. The van der Waals surface area contributed by atoms with Gasteiger partial charge in [0.05, 0.1) is 6.54 Å². The molecule has 5 heteroatoms. The summed E-state index contributed by atoms with van der Waals surface area (Å²) in [6.07, 6.45) is 3.83. The van der Waals surface area contributed by atoms with Gasteiger partial charge in [-0.3, -0.25) is 9.80 Å². The quantitative estimate of drug-likeness (QED) is 0.867. The van der Waals surface area contributed by atoms with Crippen LogP contribution in [0, 0.1) is 5.82 Å². The molecule has 0 N–H and O–H groups in total. The van der Waals surface area contributed by atoms with E-state index in [1.807, 2.05) is 25.5 Å². The van der Waals surface area contributed by atoms with Gasteiger partial charge in [0, 0.05) is 51.7 Å². The molecule has 1 aromatic carbocycles. The molecule has 1 aliphatic heterocycles. The van der Waals surface area contributed by atoms with Crippen LogP contribution in [0.15, 0.2) is 36.7 Å². The molecule has 0 unspecified atom stereocenters. The second-order valence-corrected chi connectivity index (χ2v) is 6.00. The van der Waals surface area contributed by atoms with Crippen LogP contribution in [0.3, 0.4) is 0 Å². The van der Waals surface area contributed by atoms with E-state index in [4.69, 9.17) is 0 Å². The zero-order valence-corrected chi connectivity index (χ0v) is 13.2. The Labute approximate surface area is 131 Å². The summed E-state index contributed by atoms with van der Waals surface area (Å²) in [5, 5.41) is 0. The molecule has 0 spiro atoms. The fourth-order valence-corrected chi connectivity index (χ4v) is 3.03. The molecule has 0 radical (unpaired) electrons. The Balaban J connectivity index is 1.56.